The Kier molecular flexibility index (Phi) is 9.38. The Balaban J connectivity index is 1.72. The summed E-state index contributed by atoms with van der Waals surface area (Å²) in [5.41, 5.74) is 0.530. The average Bonchev–Trinajstić information content (AvgIpc) is 2.66. The second kappa shape index (κ2) is 11.5. The molecule has 0 radical (unpaired) electrons. The van der Waals surface area contributed by atoms with E-state index in [4.69, 9.17) is 9.47 Å². The van der Waals surface area contributed by atoms with E-state index in [2.05, 4.69) is 0 Å². The molecule has 1 aromatic rings. The number of halogens is 2. The van der Waals surface area contributed by atoms with Crippen LogP contribution in [0.25, 0.3) is 0 Å². The number of hydrogen-bond donors (Lipinski definition) is 0. The van der Waals surface area contributed by atoms with Gasteiger partial charge in [-0.3, -0.25) is 0 Å². The second-order valence-electron chi connectivity index (χ2n) is 7.48. The van der Waals surface area contributed by atoms with Gasteiger partial charge in [0.15, 0.2) is 11.6 Å². The Bertz CT molecular complexity index is 525. The normalized spacial score (nSPS) is 20.3. The molecule has 0 bridgehead atoms. The molecule has 26 heavy (non-hydrogen) atoms. The van der Waals surface area contributed by atoms with Crippen molar-refractivity contribution in [3.63, 3.8) is 0 Å². The minimum absolute atomic E-state index is 0.0212. The third kappa shape index (κ3) is 6.22. The topological polar surface area (TPSA) is 18.5 Å². The number of hydrogen-bond acceptors (Lipinski definition) is 2. The summed E-state index contributed by atoms with van der Waals surface area (Å²) < 4.78 is 38.7. The Labute approximate surface area is 157 Å². The number of unbranched alkanes of at least 4 members (excludes halogenated alkanes) is 4. The van der Waals surface area contributed by atoms with Crippen LogP contribution in [-0.4, -0.2) is 20.3 Å². The standard InChI is InChI=1S/C22H34F2O2/c1-3-26-20-15-14-19(21(23)22(20)24)18-12-10-17(11-13-18)9-7-5-4-6-8-16-25-2/h14-15,17-18H,3-13,16H2,1-2H3. The van der Waals surface area contributed by atoms with Crippen LogP contribution in [0.3, 0.4) is 0 Å². The molecule has 0 saturated heterocycles. The van der Waals surface area contributed by atoms with E-state index in [1.54, 1.807) is 26.2 Å². The molecule has 2 rings (SSSR count). The van der Waals surface area contributed by atoms with Crippen molar-refractivity contribution in [2.45, 2.75) is 77.0 Å². The zero-order chi connectivity index (χ0) is 18.8. The summed E-state index contributed by atoms with van der Waals surface area (Å²) in [6.45, 7) is 2.98. The number of rotatable bonds is 11. The van der Waals surface area contributed by atoms with Crippen LogP contribution in [-0.2, 0) is 4.74 Å². The third-order valence-corrected chi connectivity index (χ3v) is 5.62. The lowest BCUT2D eigenvalue weighted by atomic mass is 9.77. The van der Waals surface area contributed by atoms with Gasteiger partial charge in [-0.25, -0.2) is 4.39 Å². The van der Waals surface area contributed by atoms with Gasteiger partial charge in [0.05, 0.1) is 6.61 Å². The minimum Gasteiger partial charge on any atom is -0.491 e. The largest absolute Gasteiger partial charge is 0.491 e. The van der Waals surface area contributed by atoms with Crippen molar-refractivity contribution in [1.82, 2.24) is 0 Å². The molecule has 0 N–H and O–H groups in total. The van der Waals surface area contributed by atoms with E-state index >= 15 is 0 Å². The van der Waals surface area contributed by atoms with E-state index in [-0.39, 0.29) is 11.7 Å². The third-order valence-electron chi connectivity index (χ3n) is 5.62. The zero-order valence-corrected chi connectivity index (χ0v) is 16.4. The van der Waals surface area contributed by atoms with Crippen LogP contribution in [0, 0.1) is 17.6 Å². The van der Waals surface area contributed by atoms with Gasteiger partial charge in [-0.1, -0.05) is 38.2 Å². The van der Waals surface area contributed by atoms with Crippen molar-refractivity contribution >= 4 is 0 Å². The molecule has 1 aliphatic rings. The molecule has 0 aromatic heterocycles. The van der Waals surface area contributed by atoms with Gasteiger partial charge >= 0.3 is 0 Å². The fraction of sp³-hybridized carbons (Fsp3) is 0.727. The predicted molar refractivity (Wildman–Crippen MR) is 102 cm³/mol. The fourth-order valence-corrected chi connectivity index (χ4v) is 4.10. The van der Waals surface area contributed by atoms with Gasteiger partial charge in [-0.2, -0.15) is 4.39 Å². The molecular weight excluding hydrogens is 334 g/mol. The average molecular weight is 369 g/mol. The lowest BCUT2D eigenvalue weighted by molar-refractivity contribution is 0.191. The van der Waals surface area contributed by atoms with Crippen LogP contribution in [0.5, 0.6) is 5.75 Å². The highest BCUT2D eigenvalue weighted by molar-refractivity contribution is 5.33. The molecule has 1 aromatic carbocycles. The molecule has 4 heteroatoms. The Hall–Kier alpha value is -1.16. The summed E-state index contributed by atoms with van der Waals surface area (Å²) in [5, 5.41) is 0. The summed E-state index contributed by atoms with van der Waals surface area (Å²) in [6, 6.07) is 3.29. The Morgan fingerprint density at radius 3 is 2.31 bits per heavy atom. The SMILES string of the molecule is CCOc1ccc(C2CCC(CCCCCCCOC)CC2)c(F)c1F. The van der Waals surface area contributed by atoms with Crippen LogP contribution in [0.1, 0.15) is 82.6 Å². The van der Waals surface area contributed by atoms with Crippen molar-refractivity contribution in [1.29, 1.82) is 0 Å². The van der Waals surface area contributed by atoms with E-state index in [1.807, 2.05) is 0 Å². The summed E-state index contributed by atoms with van der Waals surface area (Å²) >= 11 is 0. The van der Waals surface area contributed by atoms with E-state index in [1.165, 1.54) is 32.1 Å². The van der Waals surface area contributed by atoms with Crippen molar-refractivity contribution in [2.24, 2.45) is 5.92 Å². The maximum absolute atomic E-state index is 14.4. The lowest BCUT2D eigenvalue weighted by Crippen LogP contribution is -2.15. The molecule has 2 nitrogen and oxygen atoms in total. The molecule has 0 unspecified atom stereocenters. The van der Waals surface area contributed by atoms with Gasteiger partial charge in [0.25, 0.3) is 0 Å². The summed E-state index contributed by atoms with van der Waals surface area (Å²) in [5.74, 6) is -0.630. The first kappa shape index (κ1) is 21.1. The monoisotopic (exact) mass is 368 g/mol. The number of benzene rings is 1. The highest BCUT2D eigenvalue weighted by Gasteiger charge is 2.26. The van der Waals surface area contributed by atoms with Crippen molar-refractivity contribution < 1.29 is 18.3 Å². The maximum atomic E-state index is 14.4. The molecule has 148 valence electrons. The van der Waals surface area contributed by atoms with Gasteiger partial charge in [0, 0.05) is 13.7 Å². The molecule has 0 amide bonds. The molecular formula is C22H34F2O2. The van der Waals surface area contributed by atoms with Crippen molar-refractivity contribution in [3.05, 3.63) is 29.3 Å². The Morgan fingerprint density at radius 1 is 0.923 bits per heavy atom. The van der Waals surface area contributed by atoms with E-state index in [9.17, 15) is 8.78 Å². The van der Waals surface area contributed by atoms with Crippen LogP contribution in [0.4, 0.5) is 8.78 Å². The van der Waals surface area contributed by atoms with Crippen LogP contribution in [0.2, 0.25) is 0 Å². The van der Waals surface area contributed by atoms with E-state index < -0.39 is 11.6 Å². The molecule has 0 atom stereocenters. The fourth-order valence-electron chi connectivity index (χ4n) is 4.10. The smallest absolute Gasteiger partial charge is 0.200 e. The van der Waals surface area contributed by atoms with Gasteiger partial charge in [-0.05, 0) is 62.5 Å². The summed E-state index contributed by atoms with van der Waals surface area (Å²) in [4.78, 5) is 0. The van der Waals surface area contributed by atoms with Crippen molar-refractivity contribution in [2.75, 3.05) is 20.3 Å². The first-order valence-electron chi connectivity index (χ1n) is 10.3. The van der Waals surface area contributed by atoms with Gasteiger partial charge < -0.3 is 9.47 Å². The van der Waals surface area contributed by atoms with E-state index in [0.29, 0.717) is 12.2 Å². The zero-order valence-electron chi connectivity index (χ0n) is 16.4. The van der Waals surface area contributed by atoms with Gasteiger partial charge in [0.1, 0.15) is 0 Å². The highest BCUT2D eigenvalue weighted by atomic mass is 19.2. The summed E-state index contributed by atoms with van der Waals surface area (Å²) in [7, 11) is 1.75. The molecule has 0 heterocycles. The first-order valence-corrected chi connectivity index (χ1v) is 10.3. The van der Waals surface area contributed by atoms with Crippen LogP contribution >= 0.6 is 0 Å². The second-order valence-corrected chi connectivity index (χ2v) is 7.48. The predicted octanol–water partition coefficient (Wildman–Crippen LogP) is 6.62. The van der Waals surface area contributed by atoms with Crippen LogP contribution < -0.4 is 4.74 Å². The van der Waals surface area contributed by atoms with Gasteiger partial charge in [0.2, 0.25) is 5.82 Å². The van der Waals surface area contributed by atoms with E-state index in [0.717, 1.165) is 44.6 Å². The highest BCUT2D eigenvalue weighted by Crippen LogP contribution is 2.40. The molecule has 1 saturated carbocycles. The number of ether oxygens (including phenoxy) is 2. The molecule has 0 aliphatic heterocycles. The van der Waals surface area contributed by atoms with Gasteiger partial charge in [-0.15, -0.1) is 0 Å². The van der Waals surface area contributed by atoms with Crippen molar-refractivity contribution in [3.8, 4) is 5.75 Å². The maximum Gasteiger partial charge on any atom is 0.200 e. The molecule has 0 spiro atoms. The lowest BCUT2D eigenvalue weighted by Gasteiger charge is -2.29. The quantitative estimate of drug-likeness (QED) is 0.408. The molecule has 1 aliphatic carbocycles. The first-order chi connectivity index (χ1) is 12.7. The molecule has 1 fully saturated rings. The van der Waals surface area contributed by atoms with Crippen LogP contribution in [0.15, 0.2) is 12.1 Å². The minimum atomic E-state index is -0.833. The Morgan fingerprint density at radius 2 is 1.62 bits per heavy atom. The summed E-state index contributed by atoms with van der Waals surface area (Å²) in [6.07, 6.45) is 11.7. The number of methoxy groups -OCH3 is 1.